The molecule has 1 aliphatic carbocycles. The molecule has 2 aromatic rings. The molecule has 30 heavy (non-hydrogen) atoms. The van der Waals surface area contributed by atoms with Gasteiger partial charge in [-0.1, -0.05) is 11.6 Å². The van der Waals surface area contributed by atoms with Gasteiger partial charge in [0.2, 0.25) is 0 Å². The Morgan fingerprint density at radius 3 is 2.60 bits per heavy atom. The number of carbonyl (C=O) groups is 3. The number of esters is 1. The molecule has 1 aromatic heterocycles. The van der Waals surface area contributed by atoms with E-state index in [9.17, 15) is 19.5 Å². The summed E-state index contributed by atoms with van der Waals surface area (Å²) in [5.74, 6) is -2.85. The lowest BCUT2D eigenvalue weighted by Gasteiger charge is -2.43. The van der Waals surface area contributed by atoms with Gasteiger partial charge in [-0.3, -0.25) is 9.59 Å². The van der Waals surface area contributed by atoms with Crippen LogP contribution in [-0.2, 0) is 14.3 Å². The maximum atomic E-state index is 13.1. The Bertz CT molecular complexity index is 996. The third-order valence-electron chi connectivity index (χ3n) is 5.33. The molecule has 1 amide bonds. The van der Waals surface area contributed by atoms with E-state index >= 15 is 0 Å². The molecular formula is C21H26ClN3O5. The summed E-state index contributed by atoms with van der Waals surface area (Å²) in [6.45, 7) is 5.16. The van der Waals surface area contributed by atoms with Crippen LogP contribution in [0.5, 0.6) is 0 Å². The smallest absolute Gasteiger partial charge is 0.334 e. The van der Waals surface area contributed by atoms with E-state index in [1.165, 1.54) is 0 Å². The van der Waals surface area contributed by atoms with Gasteiger partial charge in [0, 0.05) is 22.0 Å². The first kappa shape index (κ1) is 22.1. The number of carboxylic acid groups (broad SMARTS) is 1. The fourth-order valence-electron chi connectivity index (χ4n) is 3.76. The number of carbonyl (C=O) groups excluding carboxylic acids is 2. The minimum atomic E-state index is -1.52. The largest absolute Gasteiger partial charge is 0.481 e. The van der Waals surface area contributed by atoms with Gasteiger partial charge in [0.1, 0.15) is 11.3 Å². The molecule has 162 valence electrons. The first-order valence-electron chi connectivity index (χ1n) is 9.74. The molecule has 8 nitrogen and oxygen atoms in total. The predicted molar refractivity (Wildman–Crippen MR) is 112 cm³/mol. The molecule has 0 radical (unpaired) electrons. The first-order valence-corrected chi connectivity index (χ1v) is 10.1. The van der Waals surface area contributed by atoms with Crippen LogP contribution in [0.4, 0.5) is 0 Å². The zero-order valence-electron chi connectivity index (χ0n) is 17.1. The van der Waals surface area contributed by atoms with Crippen molar-refractivity contribution in [1.29, 1.82) is 0 Å². The Labute approximate surface area is 179 Å². The summed E-state index contributed by atoms with van der Waals surface area (Å²) >= 11 is 6.01. The van der Waals surface area contributed by atoms with Crippen molar-refractivity contribution < 1.29 is 24.2 Å². The van der Waals surface area contributed by atoms with Crippen molar-refractivity contribution in [3.8, 4) is 0 Å². The van der Waals surface area contributed by atoms with Gasteiger partial charge in [-0.2, -0.15) is 0 Å². The van der Waals surface area contributed by atoms with Crippen molar-refractivity contribution in [3.63, 3.8) is 0 Å². The highest BCUT2D eigenvalue weighted by atomic mass is 35.5. The minimum absolute atomic E-state index is 0.0527. The molecule has 0 saturated heterocycles. The Morgan fingerprint density at radius 1 is 1.30 bits per heavy atom. The fraction of sp³-hybridized carbons (Fsp3) is 0.476. The van der Waals surface area contributed by atoms with Crippen molar-refractivity contribution in [2.24, 2.45) is 11.7 Å². The summed E-state index contributed by atoms with van der Waals surface area (Å²) in [5, 5.41) is 13.4. The number of hydrogen-bond donors (Lipinski definition) is 4. The number of fused-ring (bicyclic) bond motifs is 1. The van der Waals surface area contributed by atoms with Crippen LogP contribution in [0.25, 0.3) is 10.9 Å². The molecule has 1 saturated carbocycles. The number of nitrogens with one attached hydrogen (secondary N) is 2. The average molecular weight is 436 g/mol. The van der Waals surface area contributed by atoms with Gasteiger partial charge in [-0.05, 0) is 64.3 Å². The molecule has 1 fully saturated rings. The SMILES string of the molecule is CC(C)(C)OC(=O)C1(NC(=O)c2cc3cc(Cl)ccc3[nH]2)CCC(C(=O)O)CC1N. The number of H-pyrrole nitrogens is 1. The van der Waals surface area contributed by atoms with Crippen molar-refractivity contribution in [1.82, 2.24) is 10.3 Å². The van der Waals surface area contributed by atoms with E-state index in [0.29, 0.717) is 5.02 Å². The van der Waals surface area contributed by atoms with Crippen LogP contribution in [0.3, 0.4) is 0 Å². The Balaban J connectivity index is 1.92. The van der Waals surface area contributed by atoms with E-state index in [4.69, 9.17) is 22.1 Å². The number of ether oxygens (including phenoxy) is 1. The number of benzene rings is 1. The average Bonchev–Trinajstić information content (AvgIpc) is 3.05. The number of nitrogens with two attached hydrogens (primary N) is 1. The van der Waals surface area contributed by atoms with Gasteiger partial charge < -0.3 is 25.9 Å². The lowest BCUT2D eigenvalue weighted by atomic mass is 9.72. The zero-order valence-corrected chi connectivity index (χ0v) is 17.9. The van der Waals surface area contributed by atoms with Crippen LogP contribution in [-0.4, -0.2) is 45.1 Å². The topological polar surface area (TPSA) is 135 Å². The van der Waals surface area contributed by atoms with E-state index in [1.807, 2.05) is 0 Å². The van der Waals surface area contributed by atoms with Crippen LogP contribution in [0.1, 0.15) is 50.5 Å². The molecular weight excluding hydrogens is 410 g/mol. The number of amides is 1. The summed E-state index contributed by atoms with van der Waals surface area (Å²) in [7, 11) is 0. The lowest BCUT2D eigenvalue weighted by Crippen LogP contribution is -2.68. The maximum Gasteiger partial charge on any atom is 0.334 e. The van der Waals surface area contributed by atoms with E-state index in [2.05, 4.69) is 10.3 Å². The summed E-state index contributed by atoms with van der Waals surface area (Å²) < 4.78 is 5.55. The third-order valence-corrected chi connectivity index (χ3v) is 5.57. The highest BCUT2D eigenvalue weighted by Crippen LogP contribution is 2.34. The molecule has 0 aliphatic heterocycles. The number of aliphatic carboxylic acids is 1. The van der Waals surface area contributed by atoms with Crippen LogP contribution < -0.4 is 11.1 Å². The van der Waals surface area contributed by atoms with Gasteiger partial charge in [0.15, 0.2) is 5.54 Å². The van der Waals surface area contributed by atoms with Crippen molar-refractivity contribution in [2.75, 3.05) is 0 Å². The number of halogens is 1. The van der Waals surface area contributed by atoms with Crippen LogP contribution >= 0.6 is 11.6 Å². The number of rotatable bonds is 4. The predicted octanol–water partition coefficient (Wildman–Crippen LogP) is 2.84. The molecule has 0 bridgehead atoms. The molecule has 1 aliphatic rings. The van der Waals surface area contributed by atoms with Crippen molar-refractivity contribution >= 4 is 40.3 Å². The number of aromatic nitrogens is 1. The van der Waals surface area contributed by atoms with Gasteiger partial charge in [-0.25, -0.2) is 4.79 Å². The van der Waals surface area contributed by atoms with Crippen LogP contribution in [0, 0.1) is 5.92 Å². The van der Waals surface area contributed by atoms with Gasteiger partial charge >= 0.3 is 11.9 Å². The van der Waals surface area contributed by atoms with E-state index in [1.54, 1.807) is 45.0 Å². The standard InChI is InChI=1S/C21H26ClN3O5/c1-20(2,3)30-19(29)21(7-6-11(18(27)28)10-16(21)23)25-17(26)15-9-12-8-13(22)4-5-14(12)24-15/h4-5,8-9,11,16,24H,6-7,10,23H2,1-3H3,(H,25,26)(H,27,28). The highest BCUT2D eigenvalue weighted by molar-refractivity contribution is 6.31. The summed E-state index contributed by atoms with van der Waals surface area (Å²) in [5.41, 5.74) is 4.91. The summed E-state index contributed by atoms with van der Waals surface area (Å²) in [4.78, 5) is 40.6. The first-order chi connectivity index (χ1) is 13.9. The molecule has 9 heteroatoms. The van der Waals surface area contributed by atoms with E-state index in [-0.39, 0.29) is 25.0 Å². The second-order valence-corrected chi connectivity index (χ2v) is 9.19. The van der Waals surface area contributed by atoms with E-state index in [0.717, 1.165) is 10.9 Å². The molecule has 5 N–H and O–H groups in total. The lowest BCUT2D eigenvalue weighted by molar-refractivity contribution is -0.167. The summed E-state index contributed by atoms with van der Waals surface area (Å²) in [6.07, 6.45) is 0.319. The second kappa shape index (κ2) is 7.92. The fourth-order valence-corrected chi connectivity index (χ4v) is 3.94. The molecule has 3 unspecified atom stereocenters. The van der Waals surface area contributed by atoms with Gasteiger partial charge in [-0.15, -0.1) is 0 Å². The molecule has 1 heterocycles. The summed E-state index contributed by atoms with van der Waals surface area (Å²) in [6, 6.07) is 5.89. The van der Waals surface area contributed by atoms with Gasteiger partial charge in [0.25, 0.3) is 5.91 Å². The normalized spacial score (nSPS) is 24.4. The Hall–Kier alpha value is -2.58. The number of aromatic amines is 1. The number of hydrogen-bond acceptors (Lipinski definition) is 5. The second-order valence-electron chi connectivity index (χ2n) is 8.76. The molecule has 1 aromatic carbocycles. The van der Waals surface area contributed by atoms with Crippen molar-refractivity contribution in [3.05, 3.63) is 35.0 Å². The van der Waals surface area contributed by atoms with Crippen LogP contribution in [0.2, 0.25) is 5.02 Å². The highest BCUT2D eigenvalue weighted by Gasteiger charge is 2.52. The van der Waals surface area contributed by atoms with Gasteiger partial charge in [0.05, 0.1) is 5.92 Å². The molecule has 0 spiro atoms. The minimum Gasteiger partial charge on any atom is -0.481 e. The van der Waals surface area contributed by atoms with Crippen LogP contribution in [0.15, 0.2) is 24.3 Å². The molecule has 3 rings (SSSR count). The Kier molecular flexibility index (Phi) is 5.84. The monoisotopic (exact) mass is 435 g/mol. The number of carboxylic acids is 1. The maximum absolute atomic E-state index is 13.1. The zero-order chi connectivity index (χ0) is 22.3. The Morgan fingerprint density at radius 2 is 2.00 bits per heavy atom. The third kappa shape index (κ3) is 4.44. The van der Waals surface area contributed by atoms with Crippen molar-refractivity contribution in [2.45, 2.75) is 57.2 Å². The molecule has 3 atom stereocenters. The quantitative estimate of drug-likeness (QED) is 0.545. The van der Waals surface area contributed by atoms with E-state index < -0.39 is 40.9 Å².